The summed E-state index contributed by atoms with van der Waals surface area (Å²) < 4.78 is 6.68. The van der Waals surface area contributed by atoms with Crippen molar-refractivity contribution in [1.82, 2.24) is 4.90 Å². The molecule has 1 N–H and O–H groups in total. The molecular weight excluding hydrogens is 382 g/mol. The lowest BCUT2D eigenvalue weighted by atomic mass is 10.2. The van der Waals surface area contributed by atoms with Gasteiger partial charge in [0.05, 0.1) is 17.3 Å². The first-order valence-electron chi connectivity index (χ1n) is 7.90. The van der Waals surface area contributed by atoms with Crippen LogP contribution in [0.1, 0.15) is 12.5 Å². The van der Waals surface area contributed by atoms with E-state index in [2.05, 4.69) is 27.3 Å². The average molecular weight is 402 g/mol. The topological polar surface area (TPSA) is 65.4 Å². The largest absolute Gasteiger partial charge is 0.492 e. The van der Waals surface area contributed by atoms with Gasteiger partial charge in [-0.3, -0.25) is 9.69 Å². The van der Waals surface area contributed by atoms with Gasteiger partial charge in [-0.1, -0.05) is 28.1 Å². The molecule has 0 fully saturated rings. The quantitative estimate of drug-likeness (QED) is 0.768. The first kappa shape index (κ1) is 19.0. The maximum absolute atomic E-state index is 12.4. The smallest absolute Gasteiger partial charge is 0.241 e. The minimum Gasteiger partial charge on any atom is -0.492 e. The number of benzene rings is 2. The second-order valence-corrected chi connectivity index (χ2v) is 6.52. The van der Waals surface area contributed by atoms with Crippen LogP contribution in [0.25, 0.3) is 0 Å². The van der Waals surface area contributed by atoms with Gasteiger partial charge < -0.3 is 10.1 Å². The van der Waals surface area contributed by atoms with E-state index < -0.39 is 0 Å². The number of likely N-dealkylation sites (N-methyl/N-ethyl adjacent to an activating group) is 1. The number of carbonyl (C=O) groups excluding carboxylic acids is 1. The van der Waals surface area contributed by atoms with E-state index in [4.69, 9.17) is 10.00 Å². The minimum absolute atomic E-state index is 0.158. The number of nitrogens with zero attached hydrogens (tertiary/aromatic N) is 2. The highest BCUT2D eigenvalue weighted by Gasteiger charge is 2.18. The van der Waals surface area contributed by atoms with Gasteiger partial charge in [-0.2, -0.15) is 5.26 Å². The van der Waals surface area contributed by atoms with Gasteiger partial charge in [0.25, 0.3) is 0 Å². The van der Waals surface area contributed by atoms with E-state index in [1.54, 1.807) is 24.3 Å². The summed E-state index contributed by atoms with van der Waals surface area (Å²) in [5.41, 5.74) is 0.977. The maximum atomic E-state index is 12.4. The fraction of sp³-hybridized carbons (Fsp3) is 0.263. The molecule has 0 aliphatic carbocycles. The molecule has 5 nitrogen and oxygen atoms in total. The number of halogens is 1. The number of nitrogens with one attached hydrogen (secondary N) is 1. The zero-order valence-electron chi connectivity index (χ0n) is 14.2. The van der Waals surface area contributed by atoms with Crippen LogP contribution in [-0.4, -0.2) is 37.0 Å². The van der Waals surface area contributed by atoms with E-state index in [-0.39, 0.29) is 11.9 Å². The number of para-hydroxylation sites is 1. The normalized spacial score (nSPS) is 11.6. The SMILES string of the molecule is CC(C(=O)Nc1ccccc1C#N)N(C)CCOc1ccc(Br)cc1. The van der Waals surface area contributed by atoms with Crippen LogP contribution >= 0.6 is 15.9 Å². The Bertz CT molecular complexity index is 756. The number of amides is 1. The fourth-order valence-electron chi connectivity index (χ4n) is 2.16. The third kappa shape index (κ3) is 5.59. The Morgan fingerprint density at radius 3 is 2.64 bits per heavy atom. The highest BCUT2D eigenvalue weighted by Crippen LogP contribution is 2.16. The first-order valence-corrected chi connectivity index (χ1v) is 8.69. The molecule has 0 bridgehead atoms. The van der Waals surface area contributed by atoms with Gasteiger partial charge in [0.1, 0.15) is 18.4 Å². The number of nitriles is 1. The van der Waals surface area contributed by atoms with E-state index in [1.807, 2.05) is 43.1 Å². The lowest BCUT2D eigenvalue weighted by Crippen LogP contribution is -2.41. The lowest BCUT2D eigenvalue weighted by molar-refractivity contribution is -0.120. The summed E-state index contributed by atoms with van der Waals surface area (Å²) >= 11 is 3.38. The van der Waals surface area contributed by atoms with E-state index in [1.165, 1.54) is 0 Å². The summed E-state index contributed by atoms with van der Waals surface area (Å²) in [5, 5.41) is 11.9. The van der Waals surface area contributed by atoms with Gasteiger partial charge in [0, 0.05) is 11.0 Å². The van der Waals surface area contributed by atoms with Crippen LogP contribution in [0.5, 0.6) is 5.75 Å². The zero-order valence-corrected chi connectivity index (χ0v) is 15.8. The molecule has 0 aliphatic heterocycles. The van der Waals surface area contributed by atoms with Crippen molar-refractivity contribution in [1.29, 1.82) is 5.26 Å². The van der Waals surface area contributed by atoms with Crippen LogP contribution < -0.4 is 10.1 Å². The van der Waals surface area contributed by atoms with Gasteiger partial charge >= 0.3 is 0 Å². The van der Waals surface area contributed by atoms with Gasteiger partial charge in [-0.05, 0) is 50.4 Å². The maximum Gasteiger partial charge on any atom is 0.241 e. The summed E-state index contributed by atoms with van der Waals surface area (Å²) in [7, 11) is 1.87. The van der Waals surface area contributed by atoms with E-state index in [9.17, 15) is 4.79 Å². The molecule has 2 rings (SSSR count). The molecule has 0 spiro atoms. The van der Waals surface area contributed by atoms with Crippen molar-refractivity contribution in [3.8, 4) is 11.8 Å². The van der Waals surface area contributed by atoms with E-state index in [0.29, 0.717) is 24.4 Å². The monoisotopic (exact) mass is 401 g/mol. The van der Waals surface area contributed by atoms with Gasteiger partial charge in [-0.15, -0.1) is 0 Å². The van der Waals surface area contributed by atoms with Gasteiger partial charge in [0.15, 0.2) is 0 Å². The highest BCUT2D eigenvalue weighted by atomic mass is 79.9. The van der Waals surface area contributed by atoms with Crippen molar-refractivity contribution in [2.45, 2.75) is 13.0 Å². The van der Waals surface area contributed by atoms with Crippen LogP contribution in [0.15, 0.2) is 53.0 Å². The molecule has 1 amide bonds. The van der Waals surface area contributed by atoms with Crippen molar-refractivity contribution in [2.75, 3.05) is 25.5 Å². The molecule has 25 heavy (non-hydrogen) atoms. The molecule has 2 aromatic carbocycles. The van der Waals surface area contributed by atoms with Crippen LogP contribution in [0.4, 0.5) is 5.69 Å². The van der Waals surface area contributed by atoms with Crippen molar-refractivity contribution in [3.63, 3.8) is 0 Å². The molecule has 6 heteroatoms. The minimum atomic E-state index is -0.347. The van der Waals surface area contributed by atoms with Crippen molar-refractivity contribution >= 4 is 27.5 Å². The predicted octanol–water partition coefficient (Wildman–Crippen LogP) is 3.66. The fourth-order valence-corrected chi connectivity index (χ4v) is 2.42. The molecule has 0 radical (unpaired) electrons. The van der Waals surface area contributed by atoms with Gasteiger partial charge in [-0.25, -0.2) is 0 Å². The van der Waals surface area contributed by atoms with Crippen LogP contribution in [0.3, 0.4) is 0 Å². The standard InChI is InChI=1S/C19H20BrN3O2/c1-14(19(24)22-18-6-4-3-5-15(18)13-21)23(2)11-12-25-17-9-7-16(20)8-10-17/h3-10,14H,11-12H2,1-2H3,(H,22,24). The molecule has 2 aromatic rings. The second-order valence-electron chi connectivity index (χ2n) is 5.61. The number of anilines is 1. The molecule has 1 unspecified atom stereocenters. The molecule has 0 saturated carbocycles. The molecule has 130 valence electrons. The zero-order chi connectivity index (χ0) is 18.2. The van der Waals surface area contributed by atoms with E-state index in [0.717, 1.165) is 10.2 Å². The Hall–Kier alpha value is -2.36. The first-order chi connectivity index (χ1) is 12.0. The van der Waals surface area contributed by atoms with Crippen LogP contribution in [-0.2, 0) is 4.79 Å². The number of ether oxygens (including phenoxy) is 1. The number of carbonyl (C=O) groups is 1. The summed E-state index contributed by atoms with van der Waals surface area (Å²) in [6.45, 7) is 2.90. The molecular formula is C19H20BrN3O2. The molecule has 0 aromatic heterocycles. The summed E-state index contributed by atoms with van der Waals surface area (Å²) in [6.07, 6.45) is 0. The van der Waals surface area contributed by atoms with Crippen molar-refractivity contribution in [2.24, 2.45) is 0 Å². The number of hydrogen-bond donors (Lipinski definition) is 1. The molecule has 0 aliphatic rings. The average Bonchev–Trinajstić information content (AvgIpc) is 2.63. The van der Waals surface area contributed by atoms with Crippen molar-refractivity contribution < 1.29 is 9.53 Å². The Balaban J connectivity index is 1.84. The Labute approximate surface area is 156 Å². The lowest BCUT2D eigenvalue weighted by Gasteiger charge is -2.24. The van der Waals surface area contributed by atoms with E-state index >= 15 is 0 Å². The Kier molecular flexibility index (Phi) is 6.99. The third-order valence-corrected chi connectivity index (χ3v) is 4.40. The second kappa shape index (κ2) is 9.21. The highest BCUT2D eigenvalue weighted by molar-refractivity contribution is 9.10. The van der Waals surface area contributed by atoms with Crippen LogP contribution in [0, 0.1) is 11.3 Å². The third-order valence-electron chi connectivity index (χ3n) is 3.87. The molecule has 0 saturated heterocycles. The summed E-state index contributed by atoms with van der Waals surface area (Å²) in [4.78, 5) is 14.3. The summed E-state index contributed by atoms with van der Waals surface area (Å²) in [6, 6.07) is 16.3. The van der Waals surface area contributed by atoms with Gasteiger partial charge in [0.2, 0.25) is 5.91 Å². The number of rotatable bonds is 7. The molecule has 0 heterocycles. The van der Waals surface area contributed by atoms with Crippen molar-refractivity contribution in [3.05, 3.63) is 58.6 Å². The van der Waals surface area contributed by atoms with Crippen LogP contribution in [0.2, 0.25) is 0 Å². The predicted molar refractivity (Wildman–Crippen MR) is 102 cm³/mol. The Morgan fingerprint density at radius 2 is 1.96 bits per heavy atom. The Morgan fingerprint density at radius 1 is 1.28 bits per heavy atom. The summed E-state index contributed by atoms with van der Waals surface area (Å²) in [5.74, 6) is 0.630. The molecule has 1 atom stereocenters. The number of hydrogen-bond acceptors (Lipinski definition) is 4.